The number of carbonyl (C=O) groups is 2. The summed E-state index contributed by atoms with van der Waals surface area (Å²) in [5.74, 6) is 1.02. The third kappa shape index (κ3) is 6.74. The molecule has 0 atom stereocenters. The van der Waals surface area contributed by atoms with E-state index in [9.17, 15) is 9.59 Å². The molecule has 2 fully saturated rings. The maximum Gasteiger partial charge on any atom is 0.163 e. The van der Waals surface area contributed by atoms with Crippen molar-refractivity contribution in [3.05, 3.63) is 35.4 Å². The molecule has 2 aliphatic heterocycles. The van der Waals surface area contributed by atoms with Crippen molar-refractivity contribution in [2.75, 3.05) is 0 Å². The van der Waals surface area contributed by atoms with Gasteiger partial charge in [0.2, 0.25) is 0 Å². The number of benzene rings is 1. The maximum atomic E-state index is 13.1. The molecule has 0 aliphatic carbocycles. The fourth-order valence-corrected chi connectivity index (χ4v) is 6.98. The van der Waals surface area contributed by atoms with E-state index in [1.807, 2.05) is 24.3 Å². The van der Waals surface area contributed by atoms with E-state index in [0.29, 0.717) is 35.8 Å². The molecule has 0 aromatic heterocycles. The van der Waals surface area contributed by atoms with Crippen molar-refractivity contribution in [1.82, 2.24) is 10.6 Å². The van der Waals surface area contributed by atoms with Gasteiger partial charge < -0.3 is 10.6 Å². The molecule has 32 heavy (non-hydrogen) atoms. The molecule has 4 nitrogen and oxygen atoms in total. The molecule has 1 aromatic carbocycles. The molecular weight excluding hydrogens is 396 g/mol. The van der Waals surface area contributed by atoms with E-state index in [-0.39, 0.29) is 33.7 Å². The number of hydrogen-bond acceptors (Lipinski definition) is 4. The average molecular weight is 441 g/mol. The van der Waals surface area contributed by atoms with Crippen LogP contribution in [0.25, 0.3) is 0 Å². The lowest BCUT2D eigenvalue weighted by molar-refractivity contribution is 0.0859. The number of hydrogen-bond donors (Lipinski definition) is 2. The van der Waals surface area contributed by atoms with E-state index < -0.39 is 0 Å². The molecule has 3 rings (SSSR count). The van der Waals surface area contributed by atoms with Crippen molar-refractivity contribution < 1.29 is 9.59 Å². The Bertz CT molecular complexity index is 767. The first-order chi connectivity index (χ1) is 14.5. The lowest BCUT2D eigenvalue weighted by Crippen LogP contribution is -2.57. The average Bonchev–Trinajstić information content (AvgIpc) is 2.56. The highest BCUT2D eigenvalue weighted by Gasteiger charge is 2.39. The highest BCUT2D eigenvalue weighted by atomic mass is 16.1. The van der Waals surface area contributed by atoms with E-state index in [0.717, 1.165) is 25.7 Å². The normalized spacial score (nSPS) is 24.8. The van der Waals surface area contributed by atoms with Crippen LogP contribution in [0.15, 0.2) is 24.3 Å². The summed E-state index contributed by atoms with van der Waals surface area (Å²) in [7, 11) is 0. The van der Waals surface area contributed by atoms with Crippen LogP contribution in [0.2, 0.25) is 0 Å². The second-order valence-corrected chi connectivity index (χ2v) is 13.2. The summed E-state index contributed by atoms with van der Waals surface area (Å²) in [6.07, 6.45) is 5.04. The molecule has 2 saturated heterocycles. The van der Waals surface area contributed by atoms with Gasteiger partial charge in [0.05, 0.1) is 0 Å². The summed E-state index contributed by atoms with van der Waals surface area (Å²) < 4.78 is 0. The van der Waals surface area contributed by atoms with Gasteiger partial charge in [-0.2, -0.15) is 0 Å². The van der Waals surface area contributed by atoms with Gasteiger partial charge in [0.25, 0.3) is 0 Å². The smallest absolute Gasteiger partial charge is 0.163 e. The Balaban J connectivity index is 1.67. The molecule has 2 heterocycles. The zero-order chi connectivity index (χ0) is 23.9. The van der Waals surface area contributed by atoms with Gasteiger partial charge in [0.1, 0.15) is 0 Å². The van der Waals surface area contributed by atoms with Crippen molar-refractivity contribution in [3.8, 4) is 0 Å². The Morgan fingerprint density at radius 2 is 1.00 bits per heavy atom. The van der Waals surface area contributed by atoms with Gasteiger partial charge in [-0.15, -0.1) is 0 Å². The largest absolute Gasteiger partial charge is 0.307 e. The quantitative estimate of drug-likeness (QED) is 0.537. The van der Waals surface area contributed by atoms with Crippen LogP contribution in [-0.4, -0.2) is 33.7 Å². The summed E-state index contributed by atoms with van der Waals surface area (Å²) in [4.78, 5) is 26.3. The monoisotopic (exact) mass is 440 g/mol. The molecule has 0 amide bonds. The first-order valence-electron chi connectivity index (χ1n) is 12.3. The molecule has 0 bridgehead atoms. The minimum absolute atomic E-state index is 0.0287. The minimum Gasteiger partial charge on any atom is -0.307 e. The highest BCUT2D eigenvalue weighted by Crippen LogP contribution is 2.36. The van der Waals surface area contributed by atoms with E-state index in [4.69, 9.17) is 0 Å². The van der Waals surface area contributed by atoms with Gasteiger partial charge in [0, 0.05) is 46.1 Å². The lowest BCUT2D eigenvalue weighted by Gasteiger charge is -2.46. The van der Waals surface area contributed by atoms with Crippen LogP contribution in [-0.2, 0) is 0 Å². The molecule has 0 unspecified atom stereocenters. The topological polar surface area (TPSA) is 58.2 Å². The SMILES string of the molecule is CC1(C)CC(CC(=O)c2cccc(C(=O)CC3CC(C)(C)NC(C)(C)C3)c2)CC(C)(C)N1. The van der Waals surface area contributed by atoms with E-state index in [1.54, 1.807) is 0 Å². The van der Waals surface area contributed by atoms with Crippen LogP contribution in [0, 0.1) is 11.8 Å². The van der Waals surface area contributed by atoms with E-state index >= 15 is 0 Å². The number of nitrogens with one attached hydrogen (secondary N) is 2. The number of carbonyl (C=O) groups excluding carboxylic acids is 2. The number of ketones is 2. The van der Waals surface area contributed by atoms with Gasteiger partial charge in [-0.1, -0.05) is 18.2 Å². The van der Waals surface area contributed by atoms with Crippen molar-refractivity contribution in [3.63, 3.8) is 0 Å². The Morgan fingerprint density at radius 1 is 0.688 bits per heavy atom. The van der Waals surface area contributed by atoms with Gasteiger partial charge in [0.15, 0.2) is 11.6 Å². The van der Waals surface area contributed by atoms with Crippen LogP contribution in [0.1, 0.15) is 115 Å². The second-order valence-electron chi connectivity index (χ2n) is 13.2. The first-order valence-corrected chi connectivity index (χ1v) is 12.3. The third-order valence-electron chi connectivity index (χ3n) is 7.00. The van der Waals surface area contributed by atoms with Crippen molar-refractivity contribution in [2.45, 2.75) is 116 Å². The zero-order valence-electron chi connectivity index (χ0n) is 21.5. The number of piperidine rings is 2. The summed E-state index contributed by atoms with van der Waals surface area (Å²) in [5.41, 5.74) is 1.47. The van der Waals surface area contributed by atoms with Gasteiger partial charge in [-0.3, -0.25) is 9.59 Å². The second kappa shape index (κ2) is 8.68. The fraction of sp³-hybridized carbons (Fsp3) is 0.714. The summed E-state index contributed by atoms with van der Waals surface area (Å²) in [6, 6.07) is 7.44. The van der Waals surface area contributed by atoms with E-state index in [1.165, 1.54) is 0 Å². The molecule has 0 saturated carbocycles. The Hall–Kier alpha value is -1.52. The van der Waals surface area contributed by atoms with Crippen molar-refractivity contribution in [2.24, 2.45) is 11.8 Å². The first kappa shape index (κ1) is 25.1. The van der Waals surface area contributed by atoms with Crippen LogP contribution < -0.4 is 10.6 Å². The zero-order valence-corrected chi connectivity index (χ0v) is 21.5. The maximum absolute atomic E-state index is 13.1. The summed E-state index contributed by atoms with van der Waals surface area (Å²) in [5, 5.41) is 7.38. The molecule has 178 valence electrons. The van der Waals surface area contributed by atoms with Gasteiger partial charge in [-0.05, 0) is 99.0 Å². The van der Waals surface area contributed by atoms with Crippen molar-refractivity contribution in [1.29, 1.82) is 0 Å². The molecular formula is C28H44N2O2. The molecule has 2 N–H and O–H groups in total. The van der Waals surface area contributed by atoms with Gasteiger partial charge >= 0.3 is 0 Å². The molecule has 0 radical (unpaired) electrons. The van der Waals surface area contributed by atoms with Gasteiger partial charge in [-0.25, -0.2) is 0 Å². The Morgan fingerprint density at radius 3 is 1.31 bits per heavy atom. The minimum atomic E-state index is 0.0287. The van der Waals surface area contributed by atoms with Crippen LogP contribution in [0.3, 0.4) is 0 Å². The lowest BCUT2D eigenvalue weighted by atomic mass is 9.73. The highest BCUT2D eigenvalue weighted by molar-refractivity contribution is 6.01. The predicted molar refractivity (Wildman–Crippen MR) is 132 cm³/mol. The predicted octanol–water partition coefficient (Wildman–Crippen LogP) is 5.95. The number of Topliss-reactive ketones (excluding diaryl/α,β-unsaturated/α-hetero) is 2. The molecule has 2 aliphatic rings. The standard InChI is InChI=1S/C28H44N2O2/c1-25(2)15-19(16-26(3,4)29-25)12-23(31)21-10-9-11-22(14-21)24(32)13-20-17-27(5,6)30-28(7,8)18-20/h9-11,14,19-20,29-30H,12-13,15-18H2,1-8H3. The molecule has 1 aromatic rings. The number of rotatable bonds is 6. The molecule has 0 spiro atoms. The Labute approximate surface area is 195 Å². The summed E-state index contributed by atoms with van der Waals surface area (Å²) >= 11 is 0. The van der Waals surface area contributed by atoms with Crippen LogP contribution in [0.5, 0.6) is 0 Å². The third-order valence-corrected chi connectivity index (χ3v) is 7.00. The van der Waals surface area contributed by atoms with E-state index in [2.05, 4.69) is 66.0 Å². The summed E-state index contributed by atoms with van der Waals surface area (Å²) in [6.45, 7) is 17.7. The van der Waals surface area contributed by atoms with Crippen LogP contribution in [0.4, 0.5) is 0 Å². The van der Waals surface area contributed by atoms with Crippen LogP contribution >= 0.6 is 0 Å². The fourth-order valence-electron chi connectivity index (χ4n) is 6.98. The van der Waals surface area contributed by atoms with Crippen molar-refractivity contribution >= 4 is 11.6 Å². The Kier molecular flexibility index (Phi) is 6.81. The molecule has 4 heteroatoms.